The minimum Gasteiger partial charge on any atom is -0.449 e. The minimum atomic E-state index is -1.70. The van der Waals surface area contributed by atoms with Crippen LogP contribution in [0, 0.1) is 0 Å². The second-order valence-corrected chi connectivity index (χ2v) is 4.64. The van der Waals surface area contributed by atoms with E-state index in [-0.39, 0.29) is 11.3 Å². The summed E-state index contributed by atoms with van der Waals surface area (Å²) in [5.74, 6) is 0.0139. The molecule has 0 amide bonds. The zero-order valence-corrected chi connectivity index (χ0v) is 8.97. The van der Waals surface area contributed by atoms with E-state index < -0.39 is 9.95 Å². The van der Waals surface area contributed by atoms with Crippen LogP contribution in [0.25, 0.3) is 0 Å². The molecule has 0 saturated carbocycles. The summed E-state index contributed by atoms with van der Waals surface area (Å²) in [6, 6.07) is 6.08. The Hall–Kier alpha value is -0.640. The number of carboxylic acid groups (broad SMARTS) is 1. The summed E-state index contributed by atoms with van der Waals surface area (Å²) in [5.41, 5.74) is 0.187. The molecule has 0 aromatic heterocycles. The number of rotatable bonds is 1. The van der Waals surface area contributed by atoms with Crippen LogP contribution in [-0.2, 0) is 3.79 Å². The summed E-state index contributed by atoms with van der Waals surface area (Å²) >= 11 is 16.8. The van der Waals surface area contributed by atoms with Gasteiger partial charge in [-0.2, -0.15) is 0 Å². The Morgan fingerprint density at radius 1 is 1.29 bits per heavy atom. The third-order valence-corrected chi connectivity index (χ3v) is 2.00. The van der Waals surface area contributed by atoms with E-state index in [2.05, 4.69) is 4.74 Å². The van der Waals surface area contributed by atoms with Crippen molar-refractivity contribution in [3.63, 3.8) is 0 Å². The lowest BCUT2D eigenvalue weighted by atomic mass is 10.2. The fraction of sp³-hybridized carbons (Fsp3) is 0.125. The number of benzene rings is 1. The third-order valence-electron chi connectivity index (χ3n) is 1.39. The van der Waals surface area contributed by atoms with Crippen LogP contribution in [0.2, 0.25) is 0 Å². The van der Waals surface area contributed by atoms with E-state index in [1.165, 1.54) is 12.1 Å². The maximum atomic E-state index is 10.3. The molecule has 0 heterocycles. The molecule has 0 spiro atoms. The lowest BCUT2D eigenvalue weighted by Gasteiger charge is -2.14. The number of para-hydroxylation sites is 1. The second kappa shape index (κ2) is 4.26. The molecule has 0 unspecified atom stereocenters. The molecule has 0 fully saturated rings. The third kappa shape index (κ3) is 2.94. The fourth-order valence-corrected chi connectivity index (χ4v) is 1.35. The Balaban J connectivity index is 3.10. The van der Waals surface area contributed by atoms with E-state index in [1.54, 1.807) is 12.1 Å². The Labute approximate surface area is 95.1 Å². The highest BCUT2D eigenvalue weighted by atomic mass is 35.6. The molecule has 1 N–H and O–H groups in total. The van der Waals surface area contributed by atoms with Crippen LogP contribution in [0.5, 0.6) is 5.75 Å². The number of hydrogen-bond donors (Lipinski definition) is 1. The molecule has 1 aromatic rings. The van der Waals surface area contributed by atoms with Gasteiger partial charge in [-0.25, -0.2) is 4.79 Å². The van der Waals surface area contributed by atoms with Gasteiger partial charge in [0.25, 0.3) is 0 Å². The van der Waals surface area contributed by atoms with Crippen LogP contribution in [-0.4, -0.2) is 11.3 Å². The van der Waals surface area contributed by atoms with Crippen molar-refractivity contribution in [1.29, 1.82) is 0 Å². The molecule has 0 saturated heterocycles. The van der Waals surface area contributed by atoms with Crippen LogP contribution in [0.15, 0.2) is 24.3 Å². The zero-order chi connectivity index (χ0) is 10.8. The van der Waals surface area contributed by atoms with Gasteiger partial charge in [-0.15, -0.1) is 0 Å². The van der Waals surface area contributed by atoms with Gasteiger partial charge in [0.1, 0.15) is 5.75 Å². The van der Waals surface area contributed by atoms with Crippen LogP contribution in [0.3, 0.4) is 0 Å². The normalized spacial score (nSPS) is 11.1. The average Bonchev–Trinajstić information content (AvgIpc) is 2.01. The molecule has 0 bridgehead atoms. The van der Waals surface area contributed by atoms with Crippen LogP contribution in [0.1, 0.15) is 5.56 Å². The number of halogens is 3. The molecule has 1 aromatic carbocycles. The lowest BCUT2D eigenvalue weighted by molar-refractivity contribution is 0.144. The topological polar surface area (TPSA) is 46.5 Å². The maximum absolute atomic E-state index is 10.3. The quantitative estimate of drug-likeness (QED) is 0.474. The van der Waals surface area contributed by atoms with E-state index in [0.717, 1.165) is 0 Å². The van der Waals surface area contributed by atoms with Crippen molar-refractivity contribution in [3.05, 3.63) is 29.8 Å². The first-order chi connectivity index (χ1) is 6.41. The van der Waals surface area contributed by atoms with Crippen LogP contribution < -0.4 is 4.74 Å². The van der Waals surface area contributed by atoms with E-state index in [0.29, 0.717) is 0 Å². The molecule has 0 aliphatic carbocycles. The van der Waals surface area contributed by atoms with Crippen LogP contribution in [0.4, 0.5) is 4.79 Å². The molecule has 0 atom stereocenters. The van der Waals surface area contributed by atoms with Gasteiger partial charge in [0.15, 0.2) is 0 Å². The number of ether oxygens (including phenoxy) is 1. The Bertz CT molecular complexity index is 346. The van der Waals surface area contributed by atoms with E-state index >= 15 is 0 Å². The van der Waals surface area contributed by atoms with Gasteiger partial charge in [0.2, 0.25) is 3.79 Å². The molecular formula is C8H5Cl3O3. The molecular weight excluding hydrogens is 250 g/mol. The molecule has 14 heavy (non-hydrogen) atoms. The number of hydrogen-bond acceptors (Lipinski definition) is 2. The molecule has 0 aliphatic rings. The summed E-state index contributed by atoms with van der Waals surface area (Å²) in [5, 5.41) is 8.41. The summed E-state index contributed by atoms with van der Waals surface area (Å²) in [6.07, 6.45) is -1.45. The smallest absolute Gasteiger partial charge is 0.449 e. The first-order valence-corrected chi connectivity index (χ1v) is 4.61. The van der Waals surface area contributed by atoms with Crippen molar-refractivity contribution in [2.24, 2.45) is 0 Å². The highest BCUT2D eigenvalue weighted by Crippen LogP contribution is 2.42. The van der Waals surface area contributed by atoms with Gasteiger partial charge in [-0.1, -0.05) is 53.0 Å². The Morgan fingerprint density at radius 2 is 1.86 bits per heavy atom. The average molecular weight is 255 g/mol. The Kier molecular flexibility index (Phi) is 3.48. The second-order valence-electron chi connectivity index (χ2n) is 2.36. The fourth-order valence-electron chi connectivity index (χ4n) is 0.884. The number of carbonyl (C=O) groups is 1. The lowest BCUT2D eigenvalue weighted by Crippen LogP contribution is -2.09. The van der Waals surface area contributed by atoms with Gasteiger partial charge in [-0.3, -0.25) is 0 Å². The van der Waals surface area contributed by atoms with Gasteiger partial charge >= 0.3 is 6.16 Å². The predicted molar refractivity (Wildman–Crippen MR) is 54.3 cm³/mol. The molecule has 3 nitrogen and oxygen atoms in total. The summed E-state index contributed by atoms with van der Waals surface area (Å²) in [6.45, 7) is 0. The van der Waals surface area contributed by atoms with Crippen molar-refractivity contribution in [1.82, 2.24) is 0 Å². The predicted octanol–water partition coefficient (Wildman–Crippen LogP) is 3.57. The molecule has 1 rings (SSSR count). The summed E-state index contributed by atoms with van der Waals surface area (Å²) in [7, 11) is 0. The monoisotopic (exact) mass is 254 g/mol. The SMILES string of the molecule is O=C(O)Oc1ccccc1C(Cl)(Cl)Cl. The summed E-state index contributed by atoms with van der Waals surface area (Å²) in [4.78, 5) is 10.3. The molecule has 76 valence electrons. The zero-order valence-electron chi connectivity index (χ0n) is 6.71. The first-order valence-electron chi connectivity index (χ1n) is 3.48. The van der Waals surface area contributed by atoms with Crippen molar-refractivity contribution in [2.45, 2.75) is 3.79 Å². The standard InChI is InChI=1S/C8H5Cl3O3/c9-8(10,11)5-3-1-2-4-6(5)14-7(12)13/h1-4H,(H,12,13). The molecule has 0 radical (unpaired) electrons. The first kappa shape index (κ1) is 11.4. The van der Waals surface area contributed by atoms with Crippen molar-refractivity contribution in [2.75, 3.05) is 0 Å². The van der Waals surface area contributed by atoms with Gasteiger partial charge < -0.3 is 9.84 Å². The van der Waals surface area contributed by atoms with Crippen molar-refractivity contribution in [3.8, 4) is 5.75 Å². The Morgan fingerprint density at radius 3 is 2.36 bits per heavy atom. The highest BCUT2D eigenvalue weighted by Gasteiger charge is 2.27. The molecule has 0 aliphatic heterocycles. The maximum Gasteiger partial charge on any atom is 0.511 e. The van der Waals surface area contributed by atoms with Crippen molar-refractivity contribution < 1.29 is 14.6 Å². The largest absolute Gasteiger partial charge is 0.511 e. The van der Waals surface area contributed by atoms with Gasteiger partial charge in [0.05, 0.1) is 0 Å². The van der Waals surface area contributed by atoms with E-state index in [1.807, 2.05) is 0 Å². The van der Waals surface area contributed by atoms with Gasteiger partial charge in [0, 0.05) is 5.56 Å². The molecule has 6 heteroatoms. The highest BCUT2D eigenvalue weighted by molar-refractivity contribution is 6.66. The minimum absolute atomic E-state index is 0.0139. The van der Waals surface area contributed by atoms with Gasteiger partial charge in [-0.05, 0) is 6.07 Å². The number of alkyl halides is 3. The van der Waals surface area contributed by atoms with Crippen LogP contribution >= 0.6 is 34.8 Å². The van der Waals surface area contributed by atoms with E-state index in [9.17, 15) is 4.79 Å². The van der Waals surface area contributed by atoms with E-state index in [4.69, 9.17) is 39.9 Å². The van der Waals surface area contributed by atoms with Crippen molar-refractivity contribution >= 4 is 41.0 Å². The summed E-state index contributed by atoms with van der Waals surface area (Å²) < 4.78 is 2.73.